The van der Waals surface area contributed by atoms with Crippen LogP contribution in [0.5, 0.6) is 0 Å². The molecule has 2 unspecified atom stereocenters. The molecule has 0 aliphatic heterocycles. The van der Waals surface area contributed by atoms with Crippen molar-refractivity contribution in [3.05, 3.63) is 48.5 Å². The zero-order valence-corrected chi connectivity index (χ0v) is 12.3. The van der Waals surface area contributed by atoms with E-state index in [0.717, 1.165) is 0 Å². The van der Waals surface area contributed by atoms with E-state index in [1.165, 1.54) is 38.1 Å². The predicted molar refractivity (Wildman–Crippen MR) is 76.5 cm³/mol. The number of hydrogen-bond acceptors (Lipinski definition) is 5. The maximum atomic E-state index is 12.8. The number of hydrogen-bond donors (Lipinski definition) is 2. The van der Waals surface area contributed by atoms with Crippen molar-refractivity contribution in [1.29, 1.82) is 0 Å². The summed E-state index contributed by atoms with van der Waals surface area (Å²) in [5, 5.41) is 24.6. The summed E-state index contributed by atoms with van der Waals surface area (Å²) in [7, 11) is 0. The van der Waals surface area contributed by atoms with E-state index in [2.05, 4.69) is 10.1 Å². The highest BCUT2D eigenvalue weighted by Gasteiger charge is 2.48. The number of nitrogens with zero attached hydrogens (tertiary/aromatic N) is 3. The molecule has 1 aromatic carbocycles. The minimum Gasteiger partial charge on any atom is -0.387 e. The summed E-state index contributed by atoms with van der Waals surface area (Å²) in [5.41, 5.74) is -2.85. The lowest BCUT2D eigenvalue weighted by Gasteiger charge is -2.36. The van der Waals surface area contributed by atoms with E-state index in [9.17, 15) is 15.0 Å². The van der Waals surface area contributed by atoms with Gasteiger partial charge in [-0.1, -0.05) is 30.3 Å². The van der Waals surface area contributed by atoms with Gasteiger partial charge in [0.2, 0.25) is 0 Å². The van der Waals surface area contributed by atoms with Crippen LogP contribution in [0.1, 0.15) is 32.4 Å². The normalized spacial score (nSPS) is 16.2. The molecular weight excluding hydrogens is 270 g/mol. The van der Waals surface area contributed by atoms with Crippen molar-refractivity contribution < 1.29 is 15.0 Å². The number of benzene rings is 1. The molecule has 2 atom stereocenters. The van der Waals surface area contributed by atoms with Crippen LogP contribution in [0.4, 0.5) is 0 Å². The summed E-state index contributed by atoms with van der Waals surface area (Å²) in [6, 6.07) is 8.11. The third-order valence-electron chi connectivity index (χ3n) is 3.74. The third-order valence-corrected chi connectivity index (χ3v) is 3.74. The van der Waals surface area contributed by atoms with Gasteiger partial charge >= 0.3 is 0 Å². The molecule has 0 aliphatic carbocycles. The van der Waals surface area contributed by atoms with Gasteiger partial charge in [0.15, 0.2) is 11.4 Å². The fourth-order valence-corrected chi connectivity index (χ4v) is 1.98. The van der Waals surface area contributed by atoms with Gasteiger partial charge in [-0.05, 0) is 26.3 Å². The molecule has 6 heteroatoms. The largest absolute Gasteiger partial charge is 0.387 e. The molecule has 0 bridgehead atoms. The molecule has 1 heterocycles. The van der Waals surface area contributed by atoms with Gasteiger partial charge in [-0.25, -0.2) is 9.67 Å². The van der Waals surface area contributed by atoms with Gasteiger partial charge in [-0.15, -0.1) is 0 Å². The first-order valence-electron chi connectivity index (χ1n) is 6.63. The van der Waals surface area contributed by atoms with Crippen LogP contribution in [0.2, 0.25) is 0 Å². The topological polar surface area (TPSA) is 88.2 Å². The lowest BCUT2D eigenvalue weighted by Crippen LogP contribution is -2.56. The minimum absolute atomic E-state index is 0.549. The van der Waals surface area contributed by atoms with E-state index in [1.807, 2.05) is 6.07 Å². The quantitative estimate of drug-likeness (QED) is 0.856. The Labute approximate surface area is 123 Å². The molecule has 0 radical (unpaired) electrons. The maximum Gasteiger partial charge on any atom is 0.195 e. The smallest absolute Gasteiger partial charge is 0.195 e. The first-order valence-corrected chi connectivity index (χ1v) is 6.63. The lowest BCUT2D eigenvalue weighted by molar-refractivity contribution is -0.164. The van der Waals surface area contributed by atoms with Gasteiger partial charge in [-0.3, -0.25) is 4.79 Å². The lowest BCUT2D eigenvalue weighted by atomic mass is 9.79. The summed E-state index contributed by atoms with van der Waals surface area (Å²) in [4.78, 5) is 16.7. The second-order valence-electron chi connectivity index (χ2n) is 5.68. The average molecular weight is 289 g/mol. The Kier molecular flexibility index (Phi) is 3.93. The van der Waals surface area contributed by atoms with Crippen molar-refractivity contribution in [2.75, 3.05) is 0 Å². The van der Waals surface area contributed by atoms with E-state index in [1.54, 1.807) is 24.3 Å². The van der Waals surface area contributed by atoms with Crippen molar-refractivity contribution in [3.8, 4) is 0 Å². The van der Waals surface area contributed by atoms with Crippen LogP contribution >= 0.6 is 0 Å². The molecule has 21 heavy (non-hydrogen) atoms. The van der Waals surface area contributed by atoms with Crippen molar-refractivity contribution in [1.82, 2.24) is 14.8 Å². The van der Waals surface area contributed by atoms with Gasteiger partial charge in [0, 0.05) is 0 Å². The van der Waals surface area contributed by atoms with Crippen molar-refractivity contribution in [2.45, 2.75) is 38.0 Å². The van der Waals surface area contributed by atoms with Gasteiger partial charge in [0.1, 0.15) is 18.7 Å². The van der Waals surface area contributed by atoms with Crippen LogP contribution < -0.4 is 0 Å². The molecule has 0 saturated carbocycles. The fraction of sp³-hybridized carbons (Fsp3) is 0.400. The van der Waals surface area contributed by atoms with Gasteiger partial charge in [0.05, 0.1) is 5.60 Å². The van der Waals surface area contributed by atoms with Gasteiger partial charge in [-0.2, -0.15) is 5.10 Å². The summed E-state index contributed by atoms with van der Waals surface area (Å²) in [5.74, 6) is -0.549. The molecule has 2 aromatic rings. The summed E-state index contributed by atoms with van der Waals surface area (Å²) in [6.07, 6.45) is 2.73. The summed E-state index contributed by atoms with van der Waals surface area (Å²) >= 11 is 0. The molecule has 0 amide bonds. The van der Waals surface area contributed by atoms with Crippen LogP contribution in [-0.4, -0.2) is 42.0 Å². The Balaban J connectivity index is 2.50. The number of carbonyl (C=O) groups excluding carboxylic acids is 1. The van der Waals surface area contributed by atoms with E-state index < -0.39 is 23.0 Å². The van der Waals surface area contributed by atoms with E-state index >= 15 is 0 Å². The zero-order valence-electron chi connectivity index (χ0n) is 12.3. The van der Waals surface area contributed by atoms with Crippen molar-refractivity contribution in [2.24, 2.45) is 0 Å². The summed E-state index contributed by atoms with van der Waals surface area (Å²) in [6.45, 7) is 4.10. The zero-order chi connectivity index (χ0) is 15.7. The van der Waals surface area contributed by atoms with Crippen LogP contribution in [0.25, 0.3) is 0 Å². The molecule has 0 fully saturated rings. The van der Waals surface area contributed by atoms with Crippen LogP contribution in [0, 0.1) is 0 Å². The number of carbonyl (C=O) groups is 1. The van der Waals surface area contributed by atoms with E-state index in [4.69, 9.17) is 0 Å². The van der Waals surface area contributed by atoms with Crippen LogP contribution in [-0.2, 0) is 4.79 Å². The highest BCUT2D eigenvalue weighted by Crippen LogP contribution is 2.30. The monoisotopic (exact) mass is 289 g/mol. The van der Waals surface area contributed by atoms with E-state index in [0.29, 0.717) is 5.56 Å². The van der Waals surface area contributed by atoms with E-state index in [-0.39, 0.29) is 0 Å². The minimum atomic E-state index is -1.93. The summed E-state index contributed by atoms with van der Waals surface area (Å²) < 4.78 is 1.37. The Bertz CT molecular complexity index is 601. The molecular formula is C15H19N3O3. The molecule has 2 N–H and O–H groups in total. The van der Waals surface area contributed by atoms with Gasteiger partial charge < -0.3 is 10.2 Å². The first-order chi connectivity index (χ1) is 9.75. The third kappa shape index (κ3) is 2.86. The molecule has 6 nitrogen and oxygen atoms in total. The fourth-order valence-electron chi connectivity index (χ4n) is 1.98. The molecule has 0 aliphatic rings. The maximum absolute atomic E-state index is 12.8. The molecule has 2 rings (SSSR count). The molecule has 112 valence electrons. The molecule has 0 saturated heterocycles. The Morgan fingerprint density at radius 1 is 1.19 bits per heavy atom. The average Bonchev–Trinajstić information content (AvgIpc) is 2.92. The number of Topliss-reactive ketones (excluding diaryl/α,β-unsaturated/α-hetero) is 1. The second kappa shape index (κ2) is 5.38. The van der Waals surface area contributed by atoms with Crippen molar-refractivity contribution in [3.63, 3.8) is 0 Å². The number of rotatable bonds is 5. The molecule has 1 aromatic heterocycles. The first kappa shape index (κ1) is 15.3. The number of ketones is 1. The SMILES string of the molecule is CC(C)(O)C(C)(O)C(=O)C(c1ccccc1)n1cncn1. The Morgan fingerprint density at radius 2 is 1.81 bits per heavy atom. The number of aliphatic hydroxyl groups is 2. The standard InChI is InChI=1S/C15H19N3O3/c1-14(2,20)15(3,21)13(19)12(18-10-16-9-17-18)11-7-5-4-6-8-11/h4-10,12,20-21H,1-3H3. The molecule has 0 spiro atoms. The highest BCUT2D eigenvalue weighted by atomic mass is 16.4. The van der Waals surface area contributed by atoms with Crippen LogP contribution in [0.3, 0.4) is 0 Å². The highest BCUT2D eigenvalue weighted by molar-refractivity contribution is 5.93. The Morgan fingerprint density at radius 3 is 2.29 bits per heavy atom. The Hall–Kier alpha value is -2.05. The van der Waals surface area contributed by atoms with Crippen LogP contribution in [0.15, 0.2) is 43.0 Å². The van der Waals surface area contributed by atoms with Gasteiger partial charge in [0.25, 0.3) is 0 Å². The van der Waals surface area contributed by atoms with Crippen molar-refractivity contribution >= 4 is 5.78 Å². The number of aromatic nitrogens is 3. The predicted octanol–water partition coefficient (Wildman–Crippen LogP) is 0.958. The second-order valence-corrected chi connectivity index (χ2v) is 5.68.